The fourth-order valence-electron chi connectivity index (χ4n) is 3.22. The number of nitrogens with one attached hydrogen (secondary N) is 2. The average molecular weight is 298 g/mol. The topological polar surface area (TPSA) is 78.4 Å². The van der Waals surface area contributed by atoms with Gasteiger partial charge in [0, 0.05) is 12.6 Å². The summed E-state index contributed by atoms with van der Waals surface area (Å²) in [5, 5.41) is 14.9. The van der Waals surface area contributed by atoms with Crippen LogP contribution < -0.4 is 10.6 Å². The van der Waals surface area contributed by atoms with Crippen LogP contribution in [0.25, 0.3) is 0 Å². The number of carbonyl (C=O) groups excluding carboxylic acids is 1. The van der Waals surface area contributed by atoms with Gasteiger partial charge in [0.1, 0.15) is 0 Å². The Morgan fingerprint density at radius 2 is 1.76 bits per heavy atom. The number of rotatable bonds is 6. The Kier molecular flexibility index (Phi) is 6.49. The molecule has 2 amide bonds. The summed E-state index contributed by atoms with van der Waals surface area (Å²) in [5.41, 5.74) is 0.0898. The number of amides is 2. The minimum atomic E-state index is -0.715. The van der Waals surface area contributed by atoms with Gasteiger partial charge in [-0.25, -0.2) is 4.79 Å². The lowest BCUT2D eigenvalue weighted by atomic mass is 9.84. The van der Waals surface area contributed by atoms with E-state index in [9.17, 15) is 9.59 Å². The van der Waals surface area contributed by atoms with E-state index in [2.05, 4.69) is 38.3 Å². The van der Waals surface area contributed by atoms with Gasteiger partial charge in [0.25, 0.3) is 0 Å². The van der Waals surface area contributed by atoms with Crippen molar-refractivity contribution in [3.63, 3.8) is 0 Å². The van der Waals surface area contributed by atoms with Crippen LogP contribution in [0.4, 0.5) is 4.79 Å². The average Bonchev–Trinajstić information content (AvgIpc) is 2.36. The molecule has 0 spiro atoms. The summed E-state index contributed by atoms with van der Waals surface area (Å²) < 4.78 is 0. The van der Waals surface area contributed by atoms with Crippen LogP contribution >= 0.6 is 0 Å². The van der Waals surface area contributed by atoms with Gasteiger partial charge in [-0.15, -0.1) is 0 Å². The summed E-state index contributed by atoms with van der Waals surface area (Å²) in [6, 6.07) is -0.0283. The van der Waals surface area contributed by atoms with Crippen LogP contribution in [0.15, 0.2) is 0 Å². The highest BCUT2D eigenvalue weighted by atomic mass is 16.4. The van der Waals surface area contributed by atoms with Crippen LogP contribution in [-0.2, 0) is 4.79 Å². The molecule has 0 aromatic carbocycles. The monoisotopic (exact) mass is 298 g/mol. The van der Waals surface area contributed by atoms with E-state index in [0.717, 1.165) is 19.3 Å². The summed E-state index contributed by atoms with van der Waals surface area (Å²) in [6.45, 7) is 9.34. The molecule has 1 rings (SSSR count). The van der Waals surface area contributed by atoms with Gasteiger partial charge >= 0.3 is 12.0 Å². The third kappa shape index (κ3) is 6.82. The summed E-state index contributed by atoms with van der Waals surface area (Å²) >= 11 is 0. The van der Waals surface area contributed by atoms with Crippen LogP contribution in [-0.4, -0.2) is 29.7 Å². The van der Waals surface area contributed by atoms with E-state index in [4.69, 9.17) is 5.11 Å². The van der Waals surface area contributed by atoms with E-state index in [1.54, 1.807) is 0 Å². The first-order chi connectivity index (χ1) is 9.69. The zero-order valence-electron chi connectivity index (χ0n) is 13.7. The smallest absolute Gasteiger partial charge is 0.315 e. The van der Waals surface area contributed by atoms with E-state index < -0.39 is 5.97 Å². The lowest BCUT2D eigenvalue weighted by molar-refractivity contribution is -0.142. The molecule has 3 N–H and O–H groups in total. The molecule has 0 aromatic rings. The second-order valence-corrected chi connectivity index (χ2v) is 7.48. The van der Waals surface area contributed by atoms with Crippen molar-refractivity contribution in [3.8, 4) is 0 Å². The minimum absolute atomic E-state index is 0.0898. The standard InChI is InChI=1S/C16H30N2O3/c1-11(2)9-16(3,4)10-17-15(21)18-13-7-5-12(6-8-13)14(19)20/h11-13H,5-10H2,1-4H3,(H,19,20)(H2,17,18,21). The first-order valence-electron chi connectivity index (χ1n) is 7.97. The van der Waals surface area contributed by atoms with Gasteiger partial charge in [0.05, 0.1) is 5.92 Å². The third-order valence-electron chi connectivity index (χ3n) is 4.10. The van der Waals surface area contributed by atoms with Crippen LogP contribution in [0.3, 0.4) is 0 Å². The van der Waals surface area contributed by atoms with Crippen LogP contribution in [0.2, 0.25) is 0 Å². The van der Waals surface area contributed by atoms with Crippen molar-refractivity contribution in [2.24, 2.45) is 17.3 Å². The summed E-state index contributed by atoms with van der Waals surface area (Å²) in [7, 11) is 0. The van der Waals surface area contributed by atoms with Gasteiger partial charge in [-0.3, -0.25) is 4.79 Å². The van der Waals surface area contributed by atoms with Crippen molar-refractivity contribution in [2.45, 2.75) is 65.8 Å². The molecule has 1 aliphatic carbocycles. The summed E-state index contributed by atoms with van der Waals surface area (Å²) in [4.78, 5) is 22.8. The molecule has 5 nitrogen and oxygen atoms in total. The largest absolute Gasteiger partial charge is 0.481 e. The molecule has 0 saturated heterocycles. The zero-order chi connectivity index (χ0) is 16.0. The second-order valence-electron chi connectivity index (χ2n) is 7.48. The Hall–Kier alpha value is -1.26. The number of carboxylic acid groups (broad SMARTS) is 1. The Bertz CT molecular complexity index is 359. The normalized spacial score (nSPS) is 22.9. The molecular weight excluding hydrogens is 268 g/mol. The van der Waals surface area contributed by atoms with E-state index in [1.165, 1.54) is 0 Å². The van der Waals surface area contributed by atoms with E-state index in [-0.39, 0.29) is 23.4 Å². The Morgan fingerprint density at radius 3 is 2.24 bits per heavy atom. The van der Waals surface area contributed by atoms with Gasteiger partial charge < -0.3 is 15.7 Å². The van der Waals surface area contributed by atoms with Crippen LogP contribution in [0, 0.1) is 17.3 Å². The molecule has 0 bridgehead atoms. The lowest BCUT2D eigenvalue weighted by Crippen LogP contribution is -2.46. The van der Waals surface area contributed by atoms with Crippen molar-refractivity contribution < 1.29 is 14.7 Å². The predicted octanol–water partition coefficient (Wildman–Crippen LogP) is 3.00. The SMILES string of the molecule is CC(C)CC(C)(C)CNC(=O)NC1CCC(C(=O)O)CC1. The first kappa shape index (κ1) is 17.8. The third-order valence-corrected chi connectivity index (χ3v) is 4.10. The number of hydrogen-bond acceptors (Lipinski definition) is 2. The Labute approximate surface area is 127 Å². The van der Waals surface area contributed by atoms with Gasteiger partial charge in [0.2, 0.25) is 0 Å². The predicted molar refractivity (Wildman–Crippen MR) is 83.2 cm³/mol. The van der Waals surface area contributed by atoms with Gasteiger partial charge in [-0.2, -0.15) is 0 Å². The molecule has 21 heavy (non-hydrogen) atoms. The Morgan fingerprint density at radius 1 is 1.19 bits per heavy atom. The summed E-state index contributed by atoms with van der Waals surface area (Å²) in [6.07, 6.45) is 3.87. The quantitative estimate of drug-likeness (QED) is 0.705. The van der Waals surface area contributed by atoms with Crippen molar-refractivity contribution >= 4 is 12.0 Å². The summed E-state index contributed by atoms with van der Waals surface area (Å²) in [5.74, 6) is -0.347. The van der Waals surface area contributed by atoms with Gasteiger partial charge in [0.15, 0.2) is 0 Å². The van der Waals surface area contributed by atoms with Crippen molar-refractivity contribution in [3.05, 3.63) is 0 Å². The molecule has 1 fully saturated rings. The van der Waals surface area contributed by atoms with E-state index in [0.29, 0.717) is 25.3 Å². The fraction of sp³-hybridized carbons (Fsp3) is 0.875. The molecule has 1 saturated carbocycles. The van der Waals surface area contributed by atoms with Crippen molar-refractivity contribution in [2.75, 3.05) is 6.54 Å². The molecule has 0 unspecified atom stereocenters. The second kappa shape index (κ2) is 7.66. The maximum Gasteiger partial charge on any atom is 0.315 e. The number of hydrogen-bond donors (Lipinski definition) is 3. The molecular formula is C16H30N2O3. The lowest BCUT2D eigenvalue weighted by Gasteiger charge is -2.29. The van der Waals surface area contributed by atoms with Gasteiger partial charge in [-0.1, -0.05) is 27.7 Å². The molecule has 5 heteroatoms. The Balaban J connectivity index is 2.27. The molecule has 122 valence electrons. The molecule has 1 aliphatic rings. The highest BCUT2D eigenvalue weighted by Crippen LogP contribution is 2.25. The fourth-order valence-corrected chi connectivity index (χ4v) is 3.22. The number of carbonyl (C=O) groups is 2. The minimum Gasteiger partial charge on any atom is -0.481 e. The molecule has 0 aliphatic heterocycles. The number of carboxylic acids is 1. The van der Waals surface area contributed by atoms with Crippen molar-refractivity contribution in [1.29, 1.82) is 0 Å². The van der Waals surface area contributed by atoms with Crippen LogP contribution in [0.5, 0.6) is 0 Å². The van der Waals surface area contributed by atoms with E-state index in [1.807, 2.05) is 0 Å². The van der Waals surface area contributed by atoms with Gasteiger partial charge in [-0.05, 0) is 43.4 Å². The van der Waals surface area contributed by atoms with E-state index >= 15 is 0 Å². The molecule has 0 aromatic heterocycles. The molecule has 0 heterocycles. The maximum absolute atomic E-state index is 11.9. The molecule has 0 atom stereocenters. The number of urea groups is 1. The highest BCUT2D eigenvalue weighted by molar-refractivity contribution is 5.74. The molecule has 0 radical (unpaired) electrons. The zero-order valence-corrected chi connectivity index (χ0v) is 13.7. The first-order valence-corrected chi connectivity index (χ1v) is 7.97. The van der Waals surface area contributed by atoms with Crippen molar-refractivity contribution in [1.82, 2.24) is 10.6 Å². The number of aliphatic carboxylic acids is 1. The maximum atomic E-state index is 11.9. The van der Waals surface area contributed by atoms with Crippen LogP contribution in [0.1, 0.15) is 59.8 Å². The highest BCUT2D eigenvalue weighted by Gasteiger charge is 2.27.